The van der Waals surface area contributed by atoms with Crippen LogP contribution in [0.3, 0.4) is 0 Å². The Balaban J connectivity index is 1.25. The number of benzene rings is 1. The Morgan fingerprint density at radius 1 is 1.13 bits per heavy atom. The van der Waals surface area contributed by atoms with Gasteiger partial charge in [-0.15, -0.1) is 5.10 Å². The standard InChI is InChI=1S/C27H28F4N4O3S/c1-25(2)11-18(19-12-32-21-8-20(28)33-35(21)23(19)25)15-4-6-16(7-5-15)22(27(29,30)31)34(3)24(36)17-9-26(10-17)13-39(37,38)14-26/h4-8,12,17-18,22H,9-11,13-14H2,1-3H3/t18?,22-/m0/s1. The molecule has 0 N–H and O–H groups in total. The van der Waals surface area contributed by atoms with Crippen LogP contribution in [-0.2, 0) is 20.0 Å². The van der Waals surface area contributed by atoms with Crippen LogP contribution in [0.2, 0.25) is 0 Å². The molecule has 2 atom stereocenters. The molecule has 1 amide bonds. The maximum absolute atomic E-state index is 14.3. The van der Waals surface area contributed by atoms with Crippen LogP contribution in [0.1, 0.15) is 67.5 Å². The number of hydrogen-bond donors (Lipinski definition) is 0. The number of nitrogens with zero attached hydrogens (tertiary/aromatic N) is 4. The highest BCUT2D eigenvalue weighted by molar-refractivity contribution is 7.92. The van der Waals surface area contributed by atoms with Crippen molar-refractivity contribution in [2.45, 2.75) is 56.7 Å². The van der Waals surface area contributed by atoms with Crippen LogP contribution < -0.4 is 0 Å². The van der Waals surface area contributed by atoms with Gasteiger partial charge >= 0.3 is 6.18 Å². The molecule has 1 saturated carbocycles. The van der Waals surface area contributed by atoms with Crippen LogP contribution in [0.25, 0.3) is 5.65 Å². The van der Waals surface area contributed by atoms with E-state index in [1.165, 1.54) is 22.7 Å². The summed E-state index contributed by atoms with van der Waals surface area (Å²) in [6.07, 6.45) is -1.77. The van der Waals surface area contributed by atoms with E-state index in [2.05, 4.69) is 10.1 Å². The Morgan fingerprint density at radius 3 is 2.36 bits per heavy atom. The minimum Gasteiger partial charge on any atom is -0.330 e. The van der Waals surface area contributed by atoms with Crippen molar-refractivity contribution in [1.82, 2.24) is 19.5 Å². The zero-order chi connectivity index (χ0) is 28.1. The average molecular weight is 565 g/mol. The first-order valence-electron chi connectivity index (χ1n) is 12.8. The van der Waals surface area contributed by atoms with Crippen molar-refractivity contribution >= 4 is 21.4 Å². The topological polar surface area (TPSA) is 84.6 Å². The third kappa shape index (κ3) is 4.22. The van der Waals surface area contributed by atoms with Crippen LogP contribution in [0.15, 0.2) is 36.5 Å². The molecule has 2 aliphatic carbocycles. The number of carbonyl (C=O) groups excluding carboxylic acids is 1. The summed E-state index contributed by atoms with van der Waals surface area (Å²) in [5, 5.41) is 3.96. The van der Waals surface area contributed by atoms with Gasteiger partial charge in [-0.1, -0.05) is 38.1 Å². The maximum atomic E-state index is 14.3. The lowest BCUT2D eigenvalue weighted by Crippen LogP contribution is -2.59. The van der Waals surface area contributed by atoms with Gasteiger partial charge in [-0.25, -0.2) is 17.9 Å². The van der Waals surface area contributed by atoms with Crippen LogP contribution in [0.4, 0.5) is 17.6 Å². The molecule has 2 aromatic heterocycles. The fourth-order valence-electron chi connectivity index (χ4n) is 7.11. The predicted octanol–water partition coefficient (Wildman–Crippen LogP) is 4.57. The van der Waals surface area contributed by atoms with Gasteiger partial charge < -0.3 is 4.90 Å². The number of carbonyl (C=O) groups is 1. The molecule has 1 saturated heterocycles. The van der Waals surface area contributed by atoms with Gasteiger partial charge in [0.15, 0.2) is 21.5 Å². The molecular formula is C27H28F4N4O3S. The second-order valence-electron chi connectivity index (χ2n) is 12.1. The van der Waals surface area contributed by atoms with Gasteiger partial charge in [-0.2, -0.15) is 17.6 Å². The molecule has 0 radical (unpaired) electrons. The summed E-state index contributed by atoms with van der Waals surface area (Å²) in [7, 11) is -1.92. The molecular weight excluding hydrogens is 536 g/mol. The highest BCUT2D eigenvalue weighted by Crippen LogP contribution is 2.54. The van der Waals surface area contributed by atoms with Crippen molar-refractivity contribution < 1.29 is 30.8 Å². The number of halogens is 4. The molecule has 7 nitrogen and oxygen atoms in total. The maximum Gasteiger partial charge on any atom is 0.413 e. The van der Waals surface area contributed by atoms with Crippen LogP contribution in [0.5, 0.6) is 0 Å². The third-order valence-corrected chi connectivity index (χ3v) is 10.8. The summed E-state index contributed by atoms with van der Waals surface area (Å²) < 4.78 is 81.2. The van der Waals surface area contributed by atoms with Crippen molar-refractivity contribution in [2.24, 2.45) is 11.3 Å². The molecule has 2 fully saturated rings. The van der Waals surface area contributed by atoms with E-state index in [0.29, 0.717) is 24.9 Å². The van der Waals surface area contributed by atoms with Gasteiger partial charge in [-0.3, -0.25) is 4.79 Å². The molecule has 1 unspecified atom stereocenters. The van der Waals surface area contributed by atoms with Gasteiger partial charge in [0.25, 0.3) is 0 Å². The highest BCUT2D eigenvalue weighted by atomic mass is 32.2. The Kier molecular flexibility index (Phi) is 5.54. The molecule has 39 heavy (non-hydrogen) atoms. The summed E-state index contributed by atoms with van der Waals surface area (Å²) >= 11 is 0. The highest BCUT2D eigenvalue weighted by Gasteiger charge is 2.59. The second kappa shape index (κ2) is 8.25. The molecule has 3 aliphatic rings. The quantitative estimate of drug-likeness (QED) is 0.434. The van der Waals surface area contributed by atoms with Crippen LogP contribution in [-0.4, -0.2) is 58.6 Å². The summed E-state index contributed by atoms with van der Waals surface area (Å²) in [5.74, 6) is -2.01. The number of alkyl halides is 3. The smallest absolute Gasteiger partial charge is 0.330 e. The van der Waals surface area contributed by atoms with Crippen molar-refractivity contribution in [3.8, 4) is 0 Å². The van der Waals surface area contributed by atoms with E-state index in [4.69, 9.17) is 0 Å². The number of amides is 1. The third-order valence-electron chi connectivity index (χ3n) is 8.67. The summed E-state index contributed by atoms with van der Waals surface area (Å²) in [6, 6.07) is 5.23. The van der Waals surface area contributed by atoms with E-state index in [-0.39, 0.29) is 28.4 Å². The molecule has 3 aromatic rings. The number of sulfone groups is 1. The van der Waals surface area contributed by atoms with Crippen LogP contribution in [0, 0.1) is 17.3 Å². The first kappa shape index (κ1) is 26.2. The van der Waals surface area contributed by atoms with Gasteiger partial charge in [0.1, 0.15) is 0 Å². The minimum atomic E-state index is -4.70. The number of hydrogen-bond acceptors (Lipinski definition) is 5. The zero-order valence-corrected chi connectivity index (χ0v) is 22.5. The average Bonchev–Trinajstić information content (AvgIpc) is 3.30. The van der Waals surface area contributed by atoms with Crippen molar-refractivity contribution in [3.63, 3.8) is 0 Å². The molecule has 208 valence electrons. The van der Waals surface area contributed by atoms with Crippen LogP contribution >= 0.6 is 0 Å². The Hall–Kier alpha value is -3.02. The van der Waals surface area contributed by atoms with E-state index in [1.54, 1.807) is 18.3 Å². The lowest BCUT2D eigenvalue weighted by atomic mass is 9.63. The SMILES string of the molecule is CN(C(=O)C1CC2(C1)CS(=O)(=O)C2)[C@@H](c1ccc(C2CC(C)(C)c3c2cnc2cc(F)nn32)cc1)C(F)(F)F. The number of rotatable bonds is 4. The summed E-state index contributed by atoms with van der Waals surface area (Å²) in [4.78, 5) is 18.1. The molecule has 1 aliphatic heterocycles. The molecule has 3 heterocycles. The fourth-order valence-corrected chi connectivity index (χ4v) is 9.36. The lowest BCUT2D eigenvalue weighted by Gasteiger charge is -2.53. The first-order valence-corrected chi connectivity index (χ1v) is 14.6. The Labute approximate surface area is 223 Å². The van der Waals surface area contributed by atoms with Crippen molar-refractivity contribution in [1.29, 1.82) is 0 Å². The van der Waals surface area contributed by atoms with Gasteiger partial charge in [0, 0.05) is 42.1 Å². The Bertz CT molecular complexity index is 1580. The molecule has 1 aromatic carbocycles. The number of fused-ring (bicyclic) bond motifs is 3. The van der Waals surface area contributed by atoms with Crippen molar-refractivity contribution in [3.05, 3.63) is 64.9 Å². The predicted molar refractivity (Wildman–Crippen MR) is 134 cm³/mol. The summed E-state index contributed by atoms with van der Waals surface area (Å²) in [6.45, 7) is 4.03. The van der Waals surface area contributed by atoms with Gasteiger partial charge in [0.2, 0.25) is 11.9 Å². The van der Waals surface area contributed by atoms with Gasteiger partial charge in [-0.05, 0) is 35.8 Å². The van der Waals surface area contributed by atoms with E-state index in [1.807, 2.05) is 13.8 Å². The van der Waals surface area contributed by atoms with E-state index < -0.39 is 45.2 Å². The molecule has 0 bridgehead atoms. The lowest BCUT2D eigenvalue weighted by molar-refractivity contribution is -0.193. The fraction of sp³-hybridized carbons (Fsp3) is 0.519. The minimum absolute atomic E-state index is 0.00906. The molecule has 1 spiro atoms. The second-order valence-corrected chi connectivity index (χ2v) is 14.2. The van der Waals surface area contributed by atoms with Gasteiger partial charge in [0.05, 0.1) is 17.2 Å². The van der Waals surface area contributed by atoms with E-state index >= 15 is 0 Å². The normalized spacial score (nSPS) is 23.7. The first-order chi connectivity index (χ1) is 18.1. The monoisotopic (exact) mass is 564 g/mol. The van der Waals surface area contributed by atoms with Crippen molar-refractivity contribution in [2.75, 3.05) is 18.6 Å². The molecule has 6 rings (SSSR count). The summed E-state index contributed by atoms with van der Waals surface area (Å²) in [5.41, 5.74) is 1.99. The van der Waals surface area contributed by atoms with E-state index in [0.717, 1.165) is 28.8 Å². The molecule has 12 heteroatoms. The van der Waals surface area contributed by atoms with E-state index in [9.17, 15) is 30.8 Å². The number of aromatic nitrogens is 3. The Morgan fingerprint density at radius 2 is 1.77 bits per heavy atom. The zero-order valence-electron chi connectivity index (χ0n) is 21.7. The largest absolute Gasteiger partial charge is 0.413 e.